The van der Waals surface area contributed by atoms with Gasteiger partial charge in [0, 0.05) is 17.1 Å². The van der Waals surface area contributed by atoms with Gasteiger partial charge in [-0.15, -0.1) is 0 Å². The van der Waals surface area contributed by atoms with Crippen LogP contribution in [0.2, 0.25) is 0 Å². The first-order chi connectivity index (χ1) is 15.0. The van der Waals surface area contributed by atoms with Gasteiger partial charge in [0.05, 0.1) is 29.8 Å². The molecular weight excluding hydrogens is 458 g/mol. The quantitative estimate of drug-likeness (QED) is 0.386. The van der Waals surface area contributed by atoms with Gasteiger partial charge in [-0.2, -0.15) is 0 Å². The van der Waals surface area contributed by atoms with Gasteiger partial charge in [-0.3, -0.25) is 14.2 Å². The average Bonchev–Trinajstić information content (AvgIpc) is 3.29. The van der Waals surface area contributed by atoms with Crippen LogP contribution in [0.1, 0.15) is 41.3 Å². The lowest BCUT2D eigenvalue weighted by atomic mass is 10.1. The number of benzene rings is 2. The molecule has 0 spiro atoms. The molecule has 0 bridgehead atoms. The number of carbonyl (C=O) groups is 1. The van der Waals surface area contributed by atoms with E-state index in [2.05, 4.69) is 15.9 Å². The molecule has 6 nitrogen and oxygen atoms in total. The first kappa shape index (κ1) is 21.1. The Morgan fingerprint density at radius 2 is 1.97 bits per heavy atom. The Bertz CT molecular complexity index is 1280. The highest BCUT2D eigenvalue weighted by molar-refractivity contribution is 9.10. The van der Waals surface area contributed by atoms with Crippen LogP contribution >= 0.6 is 15.9 Å². The summed E-state index contributed by atoms with van der Waals surface area (Å²) in [4.78, 5) is 33.1. The van der Waals surface area contributed by atoms with Crippen molar-refractivity contribution in [3.05, 3.63) is 98.9 Å². The molecule has 0 aliphatic carbocycles. The summed E-state index contributed by atoms with van der Waals surface area (Å²) in [6.45, 7) is 2.24. The van der Waals surface area contributed by atoms with E-state index in [-0.39, 0.29) is 18.0 Å². The van der Waals surface area contributed by atoms with Gasteiger partial charge in [0.25, 0.3) is 11.5 Å². The first-order valence-corrected chi connectivity index (χ1v) is 10.8. The number of carbonyl (C=O) groups excluding carboxylic acids is 1. The molecule has 0 saturated carbocycles. The lowest BCUT2D eigenvalue weighted by Gasteiger charge is -2.31. The Morgan fingerprint density at radius 3 is 2.68 bits per heavy atom. The number of aromatic nitrogens is 2. The van der Waals surface area contributed by atoms with Crippen LogP contribution in [0.4, 0.5) is 0 Å². The molecule has 1 unspecified atom stereocenters. The second-order valence-corrected chi connectivity index (χ2v) is 8.21. The number of hydrogen-bond acceptors (Lipinski definition) is 4. The second kappa shape index (κ2) is 8.89. The predicted octanol–water partition coefficient (Wildman–Crippen LogP) is 5.08. The van der Waals surface area contributed by atoms with Crippen LogP contribution in [-0.2, 0) is 13.6 Å². The SMILES string of the molecule is CCC(c1nc2ccccc2c(=O)n1C)N(Cc1ccco1)C(=O)c1cccc(Br)c1. The van der Waals surface area contributed by atoms with Crippen LogP contribution in [0.15, 0.2) is 80.6 Å². The number of halogens is 1. The Hall–Kier alpha value is -3.19. The third kappa shape index (κ3) is 4.18. The summed E-state index contributed by atoms with van der Waals surface area (Å²) in [5, 5.41) is 0.555. The third-order valence-electron chi connectivity index (χ3n) is 5.32. The van der Waals surface area contributed by atoms with Gasteiger partial charge >= 0.3 is 0 Å². The number of hydrogen-bond donors (Lipinski definition) is 0. The molecule has 1 amide bonds. The zero-order chi connectivity index (χ0) is 22.0. The van der Waals surface area contributed by atoms with E-state index < -0.39 is 6.04 Å². The number of para-hydroxylation sites is 1. The lowest BCUT2D eigenvalue weighted by molar-refractivity contribution is 0.0622. The van der Waals surface area contributed by atoms with E-state index in [0.717, 1.165) is 4.47 Å². The molecule has 1 atom stereocenters. The van der Waals surface area contributed by atoms with Crippen molar-refractivity contribution in [2.45, 2.75) is 25.9 Å². The zero-order valence-electron chi connectivity index (χ0n) is 17.3. The highest BCUT2D eigenvalue weighted by atomic mass is 79.9. The maximum absolute atomic E-state index is 13.6. The summed E-state index contributed by atoms with van der Waals surface area (Å²) in [5.74, 6) is 1.04. The summed E-state index contributed by atoms with van der Waals surface area (Å²) in [6, 6.07) is 17.7. The molecule has 2 heterocycles. The fourth-order valence-electron chi connectivity index (χ4n) is 3.76. The molecule has 31 heavy (non-hydrogen) atoms. The monoisotopic (exact) mass is 479 g/mol. The largest absolute Gasteiger partial charge is 0.467 e. The molecule has 4 rings (SSSR count). The fraction of sp³-hybridized carbons (Fsp3) is 0.208. The van der Waals surface area contributed by atoms with Crippen LogP contribution in [0.3, 0.4) is 0 Å². The maximum Gasteiger partial charge on any atom is 0.261 e. The van der Waals surface area contributed by atoms with Gasteiger partial charge in [-0.25, -0.2) is 4.98 Å². The van der Waals surface area contributed by atoms with E-state index in [4.69, 9.17) is 9.40 Å². The highest BCUT2D eigenvalue weighted by Gasteiger charge is 2.29. The van der Waals surface area contributed by atoms with Crippen molar-refractivity contribution in [2.24, 2.45) is 7.05 Å². The molecule has 0 aliphatic heterocycles. The van der Waals surface area contributed by atoms with E-state index in [1.807, 2.05) is 43.3 Å². The smallest absolute Gasteiger partial charge is 0.261 e. The van der Waals surface area contributed by atoms with Crippen molar-refractivity contribution < 1.29 is 9.21 Å². The highest BCUT2D eigenvalue weighted by Crippen LogP contribution is 2.28. The molecule has 2 aromatic carbocycles. The Kier molecular flexibility index (Phi) is 6.04. The van der Waals surface area contributed by atoms with Gasteiger partial charge in [-0.05, 0) is 48.9 Å². The lowest BCUT2D eigenvalue weighted by Crippen LogP contribution is -2.38. The summed E-state index contributed by atoms with van der Waals surface area (Å²) >= 11 is 3.44. The van der Waals surface area contributed by atoms with Crippen molar-refractivity contribution in [3.63, 3.8) is 0 Å². The molecule has 0 aliphatic rings. The summed E-state index contributed by atoms with van der Waals surface area (Å²) in [6.07, 6.45) is 2.17. The molecule has 0 fully saturated rings. The normalized spacial score (nSPS) is 12.1. The molecule has 0 saturated heterocycles. The Labute approximate surface area is 188 Å². The average molecular weight is 480 g/mol. The van der Waals surface area contributed by atoms with Crippen LogP contribution in [-0.4, -0.2) is 20.4 Å². The minimum atomic E-state index is -0.418. The van der Waals surface area contributed by atoms with Crippen molar-refractivity contribution in [3.8, 4) is 0 Å². The Balaban J connectivity index is 1.84. The molecule has 158 valence electrons. The van der Waals surface area contributed by atoms with Gasteiger partial charge in [0.2, 0.25) is 0 Å². The first-order valence-electron chi connectivity index (χ1n) is 10.0. The van der Waals surface area contributed by atoms with Gasteiger partial charge in [0.1, 0.15) is 11.6 Å². The summed E-state index contributed by atoms with van der Waals surface area (Å²) in [5.41, 5.74) is 1.03. The van der Waals surface area contributed by atoms with Crippen molar-refractivity contribution in [2.75, 3.05) is 0 Å². The molecule has 4 aromatic rings. The van der Waals surface area contributed by atoms with Crippen LogP contribution in [0.25, 0.3) is 10.9 Å². The minimum absolute atomic E-state index is 0.132. The van der Waals surface area contributed by atoms with E-state index in [1.165, 1.54) is 0 Å². The van der Waals surface area contributed by atoms with E-state index in [9.17, 15) is 9.59 Å². The van der Waals surface area contributed by atoms with Crippen LogP contribution in [0, 0.1) is 0 Å². The van der Waals surface area contributed by atoms with Crippen LogP contribution in [0.5, 0.6) is 0 Å². The molecule has 7 heteroatoms. The number of furan rings is 1. The van der Waals surface area contributed by atoms with Gasteiger partial charge in [-0.1, -0.05) is 41.1 Å². The number of amides is 1. The van der Waals surface area contributed by atoms with E-state index in [0.29, 0.717) is 34.5 Å². The van der Waals surface area contributed by atoms with E-state index in [1.54, 1.807) is 47.0 Å². The van der Waals surface area contributed by atoms with Crippen molar-refractivity contribution in [1.29, 1.82) is 0 Å². The third-order valence-corrected chi connectivity index (χ3v) is 5.81. The standard InChI is InChI=1S/C24H22BrN3O3/c1-3-21(22-26-20-12-5-4-11-19(20)24(30)27(22)2)28(15-18-10-7-13-31-18)23(29)16-8-6-9-17(25)14-16/h4-14,21H,3,15H2,1-2H3. The molecule has 0 radical (unpaired) electrons. The van der Waals surface area contributed by atoms with Crippen molar-refractivity contribution in [1.82, 2.24) is 14.5 Å². The zero-order valence-corrected chi connectivity index (χ0v) is 18.9. The number of nitrogens with zero attached hydrogens (tertiary/aromatic N) is 3. The minimum Gasteiger partial charge on any atom is -0.467 e. The summed E-state index contributed by atoms with van der Waals surface area (Å²) < 4.78 is 7.90. The summed E-state index contributed by atoms with van der Waals surface area (Å²) in [7, 11) is 1.70. The Morgan fingerprint density at radius 1 is 1.16 bits per heavy atom. The molecular formula is C24H22BrN3O3. The maximum atomic E-state index is 13.6. The van der Waals surface area contributed by atoms with Crippen molar-refractivity contribution >= 4 is 32.7 Å². The van der Waals surface area contributed by atoms with E-state index >= 15 is 0 Å². The predicted molar refractivity (Wildman–Crippen MR) is 123 cm³/mol. The number of fused-ring (bicyclic) bond motifs is 1. The van der Waals surface area contributed by atoms with Crippen LogP contribution < -0.4 is 5.56 Å². The molecule has 0 N–H and O–H groups in total. The van der Waals surface area contributed by atoms with Gasteiger partial charge in [0.15, 0.2) is 0 Å². The van der Waals surface area contributed by atoms with Gasteiger partial charge < -0.3 is 9.32 Å². The fourth-order valence-corrected chi connectivity index (χ4v) is 4.16. The second-order valence-electron chi connectivity index (χ2n) is 7.30. The topological polar surface area (TPSA) is 68.3 Å². The molecule has 2 aromatic heterocycles. The number of rotatable bonds is 6.